The van der Waals surface area contributed by atoms with Gasteiger partial charge in [0.1, 0.15) is 0 Å². The van der Waals surface area contributed by atoms with Crippen LogP contribution in [0.25, 0.3) is 0 Å². The van der Waals surface area contributed by atoms with E-state index in [1.807, 2.05) is 51.1 Å². The van der Waals surface area contributed by atoms with Crippen molar-refractivity contribution in [2.45, 2.75) is 39.4 Å². The topological polar surface area (TPSA) is 66.5 Å². The molecule has 0 aromatic heterocycles. The number of nitrogens with one attached hydrogen (secondary N) is 1. The van der Waals surface area contributed by atoms with Crippen molar-refractivity contribution in [3.63, 3.8) is 0 Å². The fraction of sp³-hybridized carbons (Fsp3) is 0.350. The van der Waals surface area contributed by atoms with Crippen LogP contribution in [0.1, 0.15) is 35.6 Å². The first kappa shape index (κ1) is 18.5. The van der Waals surface area contributed by atoms with Crippen LogP contribution in [-0.4, -0.2) is 20.9 Å². The lowest BCUT2D eigenvalue weighted by molar-refractivity contribution is -0.118. The first-order valence-corrected chi connectivity index (χ1v) is 10.4. The van der Waals surface area contributed by atoms with Gasteiger partial charge in [0.05, 0.1) is 5.75 Å². The summed E-state index contributed by atoms with van der Waals surface area (Å²) >= 11 is 0. The molecular weight excluding hydrogens is 348 g/mol. The van der Waals surface area contributed by atoms with Crippen molar-refractivity contribution in [3.8, 4) is 0 Å². The van der Waals surface area contributed by atoms with Crippen LogP contribution in [0.4, 0.5) is 11.4 Å². The molecule has 6 heteroatoms. The third-order valence-corrected chi connectivity index (χ3v) is 5.89. The fourth-order valence-electron chi connectivity index (χ4n) is 3.44. The van der Waals surface area contributed by atoms with Crippen molar-refractivity contribution >= 4 is 27.3 Å². The maximum Gasteiger partial charge on any atom is 0.236 e. The highest BCUT2D eigenvalue weighted by atomic mass is 32.2. The Hall–Kier alpha value is -2.34. The van der Waals surface area contributed by atoms with Crippen LogP contribution in [0.3, 0.4) is 0 Å². The Labute approximate surface area is 155 Å². The molecule has 0 atom stereocenters. The van der Waals surface area contributed by atoms with Crippen LogP contribution < -0.4 is 9.62 Å². The molecule has 1 aliphatic rings. The lowest BCUT2D eigenvalue weighted by Crippen LogP contribution is -2.35. The number of aryl methyl sites for hydroxylation is 3. The summed E-state index contributed by atoms with van der Waals surface area (Å²) in [5, 5.41) is 0. The lowest BCUT2D eigenvalue weighted by Gasteiger charge is -2.30. The van der Waals surface area contributed by atoms with Crippen molar-refractivity contribution in [2.75, 3.05) is 16.2 Å². The zero-order chi connectivity index (χ0) is 18.9. The zero-order valence-corrected chi connectivity index (χ0v) is 16.2. The van der Waals surface area contributed by atoms with Gasteiger partial charge >= 0.3 is 0 Å². The van der Waals surface area contributed by atoms with Gasteiger partial charge in [0, 0.05) is 24.3 Å². The Kier molecular flexibility index (Phi) is 5.05. The van der Waals surface area contributed by atoms with E-state index in [1.54, 1.807) is 11.0 Å². The monoisotopic (exact) mass is 372 g/mol. The van der Waals surface area contributed by atoms with Crippen LogP contribution in [0.5, 0.6) is 0 Å². The average molecular weight is 372 g/mol. The first-order chi connectivity index (χ1) is 12.3. The highest BCUT2D eigenvalue weighted by Crippen LogP contribution is 2.34. The summed E-state index contributed by atoms with van der Waals surface area (Å²) in [6, 6.07) is 11.1. The molecule has 0 fully saturated rings. The van der Waals surface area contributed by atoms with E-state index in [2.05, 4.69) is 4.72 Å². The van der Waals surface area contributed by atoms with Gasteiger partial charge in [-0.2, -0.15) is 0 Å². The average Bonchev–Trinajstić information content (AvgIpc) is 2.57. The third-order valence-electron chi connectivity index (χ3n) is 4.63. The molecule has 0 bridgehead atoms. The van der Waals surface area contributed by atoms with E-state index in [0.29, 0.717) is 25.1 Å². The van der Waals surface area contributed by atoms with Gasteiger partial charge < -0.3 is 4.90 Å². The fourth-order valence-corrected chi connectivity index (χ4v) is 4.62. The number of nitrogens with zero attached hydrogens (tertiary/aromatic N) is 1. The number of carbonyl (C=O) groups excluding carboxylic acids is 1. The van der Waals surface area contributed by atoms with Gasteiger partial charge in [-0.3, -0.25) is 9.52 Å². The lowest BCUT2D eigenvalue weighted by atomic mass is 9.97. The second-order valence-electron chi connectivity index (χ2n) is 6.79. The molecule has 2 aromatic carbocycles. The highest BCUT2D eigenvalue weighted by Gasteiger charge is 2.25. The maximum atomic E-state index is 12.5. The van der Waals surface area contributed by atoms with E-state index >= 15 is 0 Å². The summed E-state index contributed by atoms with van der Waals surface area (Å²) in [5.74, 6) is 0.0546. The van der Waals surface area contributed by atoms with E-state index in [1.165, 1.54) is 0 Å². The Morgan fingerprint density at radius 2 is 1.77 bits per heavy atom. The molecule has 0 saturated heterocycles. The molecule has 26 heavy (non-hydrogen) atoms. The number of rotatable bonds is 5. The number of hydrogen-bond acceptors (Lipinski definition) is 3. The van der Waals surface area contributed by atoms with Crippen molar-refractivity contribution in [1.82, 2.24) is 0 Å². The Balaban J connectivity index is 1.85. The van der Waals surface area contributed by atoms with Gasteiger partial charge in [-0.15, -0.1) is 0 Å². The van der Waals surface area contributed by atoms with E-state index < -0.39 is 10.0 Å². The number of anilines is 2. The smallest absolute Gasteiger partial charge is 0.236 e. The SMILES string of the molecule is CCN1C(=O)CCc2cc(NS(=O)(=O)Cc3ccc(C)cc3)cc(C)c21. The van der Waals surface area contributed by atoms with E-state index in [4.69, 9.17) is 0 Å². The van der Waals surface area contributed by atoms with Crippen molar-refractivity contribution in [2.24, 2.45) is 0 Å². The summed E-state index contributed by atoms with van der Waals surface area (Å²) in [5.41, 5.74) is 5.24. The van der Waals surface area contributed by atoms with Gasteiger partial charge in [0.15, 0.2) is 0 Å². The Morgan fingerprint density at radius 3 is 2.42 bits per heavy atom. The minimum atomic E-state index is -3.50. The predicted molar refractivity (Wildman–Crippen MR) is 105 cm³/mol. The van der Waals surface area contributed by atoms with Gasteiger partial charge in [-0.05, 0) is 56.0 Å². The molecular formula is C20H24N2O3S. The number of fused-ring (bicyclic) bond motifs is 1. The standard InChI is InChI=1S/C20H24N2O3S/c1-4-22-19(23)10-9-17-12-18(11-15(3)20(17)22)21-26(24,25)13-16-7-5-14(2)6-8-16/h5-8,11-12,21H,4,9-10,13H2,1-3H3. The largest absolute Gasteiger partial charge is 0.312 e. The molecule has 5 nitrogen and oxygen atoms in total. The molecule has 1 heterocycles. The quantitative estimate of drug-likeness (QED) is 0.873. The van der Waals surface area contributed by atoms with Crippen LogP contribution >= 0.6 is 0 Å². The summed E-state index contributed by atoms with van der Waals surface area (Å²) in [4.78, 5) is 13.9. The van der Waals surface area contributed by atoms with E-state index in [0.717, 1.165) is 27.9 Å². The summed E-state index contributed by atoms with van der Waals surface area (Å²) in [6.45, 7) is 6.45. The van der Waals surface area contributed by atoms with E-state index in [9.17, 15) is 13.2 Å². The molecule has 1 N–H and O–H groups in total. The Bertz CT molecular complexity index is 934. The minimum absolute atomic E-state index is 0.0665. The van der Waals surface area contributed by atoms with Crippen molar-refractivity contribution in [1.29, 1.82) is 0 Å². The van der Waals surface area contributed by atoms with Crippen LogP contribution in [0.15, 0.2) is 36.4 Å². The minimum Gasteiger partial charge on any atom is -0.312 e. The Morgan fingerprint density at radius 1 is 1.08 bits per heavy atom. The first-order valence-electron chi connectivity index (χ1n) is 8.79. The zero-order valence-electron chi connectivity index (χ0n) is 15.4. The second kappa shape index (κ2) is 7.11. The molecule has 138 valence electrons. The highest BCUT2D eigenvalue weighted by molar-refractivity contribution is 7.91. The number of amides is 1. The molecule has 0 aliphatic carbocycles. The molecule has 0 spiro atoms. The second-order valence-corrected chi connectivity index (χ2v) is 8.51. The van der Waals surface area contributed by atoms with Gasteiger partial charge in [-0.1, -0.05) is 29.8 Å². The molecule has 0 unspecified atom stereocenters. The predicted octanol–water partition coefficient (Wildman–Crippen LogP) is 3.54. The molecule has 1 aliphatic heterocycles. The molecule has 0 radical (unpaired) electrons. The molecule has 3 rings (SSSR count). The summed E-state index contributed by atoms with van der Waals surface area (Å²) < 4.78 is 27.7. The van der Waals surface area contributed by atoms with Crippen LogP contribution in [0.2, 0.25) is 0 Å². The third kappa shape index (κ3) is 3.90. The molecule has 2 aromatic rings. The van der Waals surface area contributed by atoms with Gasteiger partial charge in [0.25, 0.3) is 0 Å². The van der Waals surface area contributed by atoms with Crippen molar-refractivity contribution < 1.29 is 13.2 Å². The van der Waals surface area contributed by atoms with E-state index in [-0.39, 0.29) is 11.7 Å². The van der Waals surface area contributed by atoms with Gasteiger partial charge in [-0.25, -0.2) is 8.42 Å². The molecule has 0 saturated carbocycles. The van der Waals surface area contributed by atoms with Gasteiger partial charge in [0.2, 0.25) is 15.9 Å². The van der Waals surface area contributed by atoms with Crippen molar-refractivity contribution in [3.05, 3.63) is 58.7 Å². The number of hydrogen-bond donors (Lipinski definition) is 1. The van der Waals surface area contributed by atoms with Crippen LogP contribution in [-0.2, 0) is 27.0 Å². The van der Waals surface area contributed by atoms with Crippen LogP contribution in [0, 0.1) is 13.8 Å². The maximum absolute atomic E-state index is 12.5. The normalized spacial score (nSPS) is 14.3. The number of carbonyl (C=O) groups is 1. The number of sulfonamides is 1. The molecule has 1 amide bonds. The summed E-state index contributed by atoms with van der Waals surface area (Å²) in [6.07, 6.45) is 1.10. The summed E-state index contributed by atoms with van der Waals surface area (Å²) in [7, 11) is -3.50. The number of benzene rings is 2.